The van der Waals surface area contributed by atoms with Crippen molar-refractivity contribution in [3.8, 4) is 0 Å². The van der Waals surface area contributed by atoms with Crippen molar-refractivity contribution in [2.75, 3.05) is 31.5 Å². The predicted octanol–water partition coefficient (Wildman–Crippen LogP) is 2.83. The average molecular weight is 369 g/mol. The van der Waals surface area contributed by atoms with Gasteiger partial charge in [0.15, 0.2) is 0 Å². The quantitative estimate of drug-likeness (QED) is 0.789. The van der Waals surface area contributed by atoms with Gasteiger partial charge in [-0.05, 0) is 61.2 Å². The number of nitrogens with one attached hydrogen (secondary N) is 2. The number of nitrogens with zero attached hydrogens (tertiary/aromatic N) is 1. The number of rotatable bonds is 7. The first-order valence-corrected chi connectivity index (χ1v) is 9.26. The number of likely N-dealkylation sites (tertiary alicyclic amines) is 1. The summed E-state index contributed by atoms with van der Waals surface area (Å²) in [5.41, 5.74) is 2.44. The van der Waals surface area contributed by atoms with Crippen LogP contribution in [-0.2, 0) is 11.2 Å². The van der Waals surface area contributed by atoms with Gasteiger partial charge in [-0.25, -0.2) is 4.39 Å². The maximum absolute atomic E-state index is 12.8. The molecular weight excluding hydrogens is 345 g/mol. The van der Waals surface area contributed by atoms with Gasteiger partial charge in [-0.2, -0.15) is 0 Å². The van der Waals surface area contributed by atoms with E-state index in [2.05, 4.69) is 10.6 Å². The Morgan fingerprint density at radius 1 is 0.963 bits per heavy atom. The highest BCUT2D eigenvalue weighted by Crippen LogP contribution is 2.15. The number of halogens is 1. The van der Waals surface area contributed by atoms with Crippen LogP contribution in [0.1, 0.15) is 28.8 Å². The second kappa shape index (κ2) is 9.16. The third-order valence-corrected chi connectivity index (χ3v) is 4.63. The van der Waals surface area contributed by atoms with Crippen LogP contribution in [0.15, 0.2) is 48.5 Å². The molecule has 0 aromatic heterocycles. The molecule has 0 aliphatic carbocycles. The zero-order chi connectivity index (χ0) is 19.1. The lowest BCUT2D eigenvalue weighted by Gasteiger charge is -2.15. The standard InChI is InChI=1S/C21H24FN3O2/c22-18-7-3-16(4-8-18)11-12-23-20(26)15-24-19-9-5-17(6-10-19)21(27)25-13-1-2-14-25/h3-10,24H,1-2,11-15H2,(H,23,26). The van der Waals surface area contributed by atoms with Gasteiger partial charge >= 0.3 is 0 Å². The van der Waals surface area contributed by atoms with E-state index in [1.165, 1.54) is 12.1 Å². The number of hydrogen-bond acceptors (Lipinski definition) is 3. The molecule has 0 radical (unpaired) electrons. The molecule has 2 aromatic carbocycles. The maximum Gasteiger partial charge on any atom is 0.253 e. The van der Waals surface area contributed by atoms with Gasteiger partial charge in [-0.15, -0.1) is 0 Å². The second-order valence-corrected chi connectivity index (χ2v) is 6.66. The van der Waals surface area contributed by atoms with Crippen LogP contribution in [-0.4, -0.2) is 42.9 Å². The number of carbonyl (C=O) groups excluding carboxylic acids is 2. The monoisotopic (exact) mass is 369 g/mol. The van der Waals surface area contributed by atoms with Crippen LogP contribution in [0.3, 0.4) is 0 Å². The molecule has 2 aromatic rings. The summed E-state index contributed by atoms with van der Waals surface area (Å²) in [6.45, 7) is 2.31. The van der Waals surface area contributed by atoms with Crippen molar-refractivity contribution in [2.45, 2.75) is 19.3 Å². The number of anilines is 1. The van der Waals surface area contributed by atoms with Gasteiger partial charge in [0.25, 0.3) is 5.91 Å². The second-order valence-electron chi connectivity index (χ2n) is 6.66. The molecule has 0 bridgehead atoms. The SMILES string of the molecule is O=C(CNc1ccc(C(=O)N2CCCC2)cc1)NCCc1ccc(F)cc1. The Morgan fingerprint density at radius 3 is 2.30 bits per heavy atom. The van der Waals surface area contributed by atoms with Crippen LogP contribution >= 0.6 is 0 Å². The van der Waals surface area contributed by atoms with Gasteiger partial charge in [0.05, 0.1) is 6.54 Å². The van der Waals surface area contributed by atoms with Crippen molar-refractivity contribution in [1.29, 1.82) is 0 Å². The first-order chi connectivity index (χ1) is 13.1. The van der Waals surface area contributed by atoms with E-state index in [1.54, 1.807) is 24.3 Å². The molecule has 2 amide bonds. The normalized spacial score (nSPS) is 13.4. The molecule has 6 heteroatoms. The molecular formula is C21H24FN3O2. The minimum Gasteiger partial charge on any atom is -0.376 e. The Bertz CT molecular complexity index is 769. The van der Waals surface area contributed by atoms with Gasteiger partial charge in [0.1, 0.15) is 5.82 Å². The first-order valence-electron chi connectivity index (χ1n) is 9.26. The fourth-order valence-electron chi connectivity index (χ4n) is 3.08. The van der Waals surface area contributed by atoms with E-state index in [9.17, 15) is 14.0 Å². The molecule has 2 N–H and O–H groups in total. The van der Waals surface area contributed by atoms with Crippen LogP contribution in [0.4, 0.5) is 10.1 Å². The molecule has 0 saturated carbocycles. The van der Waals surface area contributed by atoms with Crippen LogP contribution < -0.4 is 10.6 Å². The fourth-order valence-corrected chi connectivity index (χ4v) is 3.08. The number of carbonyl (C=O) groups is 2. The highest BCUT2D eigenvalue weighted by Gasteiger charge is 2.19. The lowest BCUT2D eigenvalue weighted by Crippen LogP contribution is -2.31. The Kier molecular flexibility index (Phi) is 6.41. The van der Waals surface area contributed by atoms with Gasteiger partial charge < -0.3 is 15.5 Å². The Morgan fingerprint density at radius 2 is 1.63 bits per heavy atom. The van der Waals surface area contributed by atoms with Crippen LogP contribution in [0, 0.1) is 5.82 Å². The van der Waals surface area contributed by atoms with E-state index in [0.29, 0.717) is 18.5 Å². The van der Waals surface area contributed by atoms with Crippen molar-refractivity contribution in [3.63, 3.8) is 0 Å². The largest absolute Gasteiger partial charge is 0.376 e. The Labute approximate surface area is 158 Å². The van der Waals surface area contributed by atoms with Crippen molar-refractivity contribution in [2.24, 2.45) is 0 Å². The van der Waals surface area contributed by atoms with Crippen molar-refractivity contribution >= 4 is 17.5 Å². The summed E-state index contributed by atoms with van der Waals surface area (Å²) >= 11 is 0. The lowest BCUT2D eigenvalue weighted by atomic mass is 10.1. The zero-order valence-electron chi connectivity index (χ0n) is 15.2. The summed E-state index contributed by atoms with van der Waals surface area (Å²) in [4.78, 5) is 26.1. The summed E-state index contributed by atoms with van der Waals surface area (Å²) in [5.74, 6) is -0.313. The van der Waals surface area contributed by atoms with Gasteiger partial charge in [0, 0.05) is 30.9 Å². The summed E-state index contributed by atoms with van der Waals surface area (Å²) in [7, 11) is 0. The minimum atomic E-state index is -0.264. The number of benzene rings is 2. The topological polar surface area (TPSA) is 61.4 Å². The number of amides is 2. The van der Waals surface area contributed by atoms with E-state index < -0.39 is 0 Å². The zero-order valence-corrected chi connectivity index (χ0v) is 15.2. The maximum atomic E-state index is 12.8. The molecule has 1 aliphatic heterocycles. The van der Waals surface area contributed by atoms with Crippen LogP contribution in [0.5, 0.6) is 0 Å². The average Bonchev–Trinajstić information content (AvgIpc) is 3.22. The van der Waals surface area contributed by atoms with Crippen LogP contribution in [0.2, 0.25) is 0 Å². The molecule has 1 saturated heterocycles. The van der Waals surface area contributed by atoms with E-state index in [4.69, 9.17) is 0 Å². The molecule has 0 unspecified atom stereocenters. The first kappa shape index (κ1) is 18.9. The molecule has 0 atom stereocenters. The summed E-state index contributed by atoms with van der Waals surface area (Å²) in [6.07, 6.45) is 2.79. The molecule has 1 aliphatic rings. The van der Waals surface area contributed by atoms with Crippen molar-refractivity contribution < 1.29 is 14.0 Å². The summed E-state index contributed by atoms with van der Waals surface area (Å²) < 4.78 is 12.8. The van der Waals surface area contributed by atoms with Crippen molar-refractivity contribution in [1.82, 2.24) is 10.2 Å². The molecule has 27 heavy (non-hydrogen) atoms. The van der Waals surface area contributed by atoms with Gasteiger partial charge in [-0.1, -0.05) is 12.1 Å². The summed E-state index contributed by atoms with van der Waals surface area (Å²) in [5, 5.41) is 5.88. The third-order valence-electron chi connectivity index (χ3n) is 4.63. The Hall–Kier alpha value is -2.89. The van der Waals surface area contributed by atoms with E-state index in [0.717, 1.165) is 37.2 Å². The molecule has 3 rings (SSSR count). The molecule has 1 fully saturated rings. The highest BCUT2D eigenvalue weighted by atomic mass is 19.1. The van der Waals surface area contributed by atoms with Crippen molar-refractivity contribution in [3.05, 3.63) is 65.5 Å². The lowest BCUT2D eigenvalue weighted by molar-refractivity contribution is -0.119. The third kappa shape index (κ3) is 5.54. The molecule has 142 valence electrons. The van der Waals surface area contributed by atoms with Gasteiger partial charge in [-0.3, -0.25) is 9.59 Å². The van der Waals surface area contributed by atoms with E-state index in [-0.39, 0.29) is 24.2 Å². The number of hydrogen-bond donors (Lipinski definition) is 2. The van der Waals surface area contributed by atoms with Crippen LogP contribution in [0.25, 0.3) is 0 Å². The predicted molar refractivity (Wildman–Crippen MR) is 103 cm³/mol. The molecule has 0 spiro atoms. The fraction of sp³-hybridized carbons (Fsp3) is 0.333. The molecule has 1 heterocycles. The summed E-state index contributed by atoms with van der Waals surface area (Å²) in [6, 6.07) is 13.5. The highest BCUT2D eigenvalue weighted by molar-refractivity contribution is 5.94. The van der Waals surface area contributed by atoms with Gasteiger partial charge in [0.2, 0.25) is 5.91 Å². The Balaban J connectivity index is 1.39. The smallest absolute Gasteiger partial charge is 0.253 e. The van der Waals surface area contributed by atoms with E-state index in [1.807, 2.05) is 17.0 Å². The molecule has 5 nitrogen and oxygen atoms in total. The minimum absolute atomic E-state index is 0.0672. The van der Waals surface area contributed by atoms with E-state index >= 15 is 0 Å².